The maximum atomic E-state index is 13.2. The Kier molecular flexibility index (Phi) is 6.80. The number of benzene rings is 2. The zero-order valence-corrected chi connectivity index (χ0v) is 21.1. The van der Waals surface area contributed by atoms with E-state index in [4.69, 9.17) is 14.1 Å². The fourth-order valence-corrected chi connectivity index (χ4v) is 4.74. The zero-order chi connectivity index (χ0) is 27.7. The van der Waals surface area contributed by atoms with Crippen molar-refractivity contribution in [2.24, 2.45) is 4.99 Å². The lowest BCUT2D eigenvalue weighted by atomic mass is 9.96. The fourth-order valence-electron chi connectivity index (χ4n) is 4.74. The van der Waals surface area contributed by atoms with E-state index in [-0.39, 0.29) is 35.5 Å². The molecule has 0 radical (unpaired) electrons. The Morgan fingerprint density at radius 1 is 0.975 bits per heavy atom. The number of carbonyl (C=O) groups is 1. The van der Waals surface area contributed by atoms with E-state index in [2.05, 4.69) is 20.6 Å². The second-order valence-electron chi connectivity index (χ2n) is 9.38. The van der Waals surface area contributed by atoms with Crippen molar-refractivity contribution < 1.29 is 27.1 Å². The number of ether oxygens (including phenoxy) is 1. The van der Waals surface area contributed by atoms with E-state index in [9.17, 15) is 18.0 Å². The van der Waals surface area contributed by atoms with Gasteiger partial charge in [-0.3, -0.25) is 14.5 Å². The molecule has 0 amide bonds. The smallest absolute Gasteiger partial charge is 0.403 e. The van der Waals surface area contributed by atoms with Gasteiger partial charge >= 0.3 is 12.2 Å². The summed E-state index contributed by atoms with van der Waals surface area (Å²) in [5, 5.41) is 15.1. The molecule has 2 aliphatic heterocycles. The van der Waals surface area contributed by atoms with Gasteiger partial charge in [0.05, 0.1) is 18.9 Å². The van der Waals surface area contributed by atoms with Gasteiger partial charge in [0.25, 0.3) is 5.89 Å². The van der Waals surface area contributed by atoms with E-state index < -0.39 is 18.9 Å². The number of ketones is 1. The van der Waals surface area contributed by atoms with Crippen LogP contribution < -0.4 is 10.2 Å². The summed E-state index contributed by atoms with van der Waals surface area (Å²) in [5.74, 6) is 0.0484. The first-order valence-electron chi connectivity index (χ1n) is 12.7. The van der Waals surface area contributed by atoms with Gasteiger partial charge in [-0.05, 0) is 5.56 Å². The number of aliphatic imine (C=N–C) groups is 1. The number of anilines is 2. The molecule has 0 saturated carbocycles. The van der Waals surface area contributed by atoms with Crippen LogP contribution in [0.2, 0.25) is 0 Å². The molecular formula is C27H24F3N7O3. The molecule has 13 heteroatoms. The number of morpholine rings is 1. The molecule has 0 unspecified atom stereocenters. The van der Waals surface area contributed by atoms with Crippen LogP contribution in [0.1, 0.15) is 16.7 Å². The number of carbonyl (C=O) groups excluding carboxylic acids is 1. The summed E-state index contributed by atoms with van der Waals surface area (Å²) in [6, 6.07) is 17.0. The minimum Gasteiger partial charge on any atom is -0.403 e. The Hall–Kier alpha value is -4.52. The third-order valence-electron chi connectivity index (χ3n) is 6.56. The van der Waals surface area contributed by atoms with Gasteiger partial charge in [0.1, 0.15) is 12.1 Å². The van der Waals surface area contributed by atoms with Crippen LogP contribution in [0.4, 0.5) is 25.0 Å². The van der Waals surface area contributed by atoms with Crippen molar-refractivity contribution in [1.29, 1.82) is 0 Å². The van der Waals surface area contributed by atoms with Gasteiger partial charge in [-0.15, -0.1) is 5.10 Å². The highest BCUT2D eigenvalue weighted by Gasteiger charge is 2.32. The molecule has 0 aliphatic carbocycles. The highest BCUT2D eigenvalue weighted by atomic mass is 19.4. The largest absolute Gasteiger partial charge is 0.408 e. The first-order valence-corrected chi connectivity index (χ1v) is 12.7. The average molecular weight is 552 g/mol. The summed E-state index contributed by atoms with van der Waals surface area (Å²) in [5.41, 5.74) is 3.43. The lowest BCUT2D eigenvalue weighted by Crippen LogP contribution is -2.37. The SMILES string of the molecule is O=C1Cc2ccccc2C(c2ccccc2)=N[C@H]1Nc1nnc(-c2cn(CC(F)(F)F)nc2N2CCOCC2)o1. The maximum absolute atomic E-state index is 13.2. The number of halogens is 3. The van der Waals surface area contributed by atoms with E-state index in [1.807, 2.05) is 59.5 Å². The molecule has 1 fully saturated rings. The first-order chi connectivity index (χ1) is 19.3. The molecule has 2 aromatic heterocycles. The number of hydrogen-bond donors (Lipinski definition) is 1. The summed E-state index contributed by atoms with van der Waals surface area (Å²) in [6.07, 6.45) is -4.11. The van der Waals surface area contributed by atoms with Gasteiger partial charge in [0.2, 0.25) is 0 Å². The van der Waals surface area contributed by atoms with E-state index in [0.717, 1.165) is 21.4 Å². The zero-order valence-electron chi connectivity index (χ0n) is 21.1. The molecule has 10 nitrogen and oxygen atoms in total. The van der Waals surface area contributed by atoms with Crippen LogP contribution in [0.15, 0.2) is 70.2 Å². The van der Waals surface area contributed by atoms with E-state index in [1.54, 1.807) is 0 Å². The Morgan fingerprint density at radius 3 is 2.50 bits per heavy atom. The van der Waals surface area contributed by atoms with Crippen LogP contribution in [-0.4, -0.2) is 70.1 Å². The molecule has 1 atom stereocenters. The second kappa shape index (κ2) is 10.6. The number of nitrogens with zero attached hydrogens (tertiary/aromatic N) is 6. The van der Waals surface area contributed by atoms with E-state index >= 15 is 0 Å². The summed E-state index contributed by atoms with van der Waals surface area (Å²) in [6.45, 7) is 0.455. The Balaban J connectivity index is 1.32. The fraction of sp³-hybridized carbons (Fsp3) is 0.296. The van der Waals surface area contributed by atoms with Crippen molar-refractivity contribution in [3.8, 4) is 11.5 Å². The predicted molar refractivity (Wildman–Crippen MR) is 139 cm³/mol. The lowest BCUT2D eigenvalue weighted by molar-refractivity contribution is -0.142. The van der Waals surface area contributed by atoms with Crippen molar-refractivity contribution in [1.82, 2.24) is 20.0 Å². The van der Waals surface area contributed by atoms with Crippen molar-refractivity contribution >= 4 is 23.3 Å². The maximum Gasteiger partial charge on any atom is 0.408 e. The highest BCUT2D eigenvalue weighted by Crippen LogP contribution is 2.32. The van der Waals surface area contributed by atoms with Crippen LogP contribution in [0.25, 0.3) is 11.5 Å². The number of rotatable bonds is 6. The third-order valence-corrected chi connectivity index (χ3v) is 6.56. The molecule has 0 spiro atoms. The van der Waals surface area contributed by atoms with Crippen LogP contribution in [-0.2, 0) is 22.5 Å². The summed E-state index contributed by atoms with van der Waals surface area (Å²) in [4.78, 5) is 19.8. The number of nitrogens with one attached hydrogen (secondary N) is 1. The molecule has 2 aliphatic rings. The van der Waals surface area contributed by atoms with Gasteiger partial charge in [0, 0.05) is 36.8 Å². The van der Waals surface area contributed by atoms with Crippen LogP contribution in [0.3, 0.4) is 0 Å². The minimum absolute atomic E-state index is 0.0333. The minimum atomic E-state index is -4.46. The van der Waals surface area contributed by atoms with Gasteiger partial charge in [-0.1, -0.05) is 59.7 Å². The van der Waals surface area contributed by atoms with E-state index in [1.165, 1.54) is 6.20 Å². The monoisotopic (exact) mass is 551 g/mol. The summed E-state index contributed by atoms with van der Waals surface area (Å²) >= 11 is 0. The molecule has 4 aromatic rings. The van der Waals surface area contributed by atoms with Gasteiger partial charge in [-0.25, -0.2) is 0 Å². The van der Waals surface area contributed by atoms with Gasteiger partial charge in [0.15, 0.2) is 17.8 Å². The number of Topliss-reactive ketones (excluding diaryl/α,β-unsaturated/α-hetero) is 1. The van der Waals surface area contributed by atoms with Crippen LogP contribution in [0.5, 0.6) is 0 Å². The number of hydrogen-bond acceptors (Lipinski definition) is 9. The molecule has 6 rings (SSSR count). The first kappa shape index (κ1) is 25.7. The molecule has 40 heavy (non-hydrogen) atoms. The van der Waals surface area contributed by atoms with Gasteiger partial charge < -0.3 is 19.4 Å². The molecule has 1 saturated heterocycles. The second-order valence-corrected chi connectivity index (χ2v) is 9.38. The summed E-state index contributed by atoms with van der Waals surface area (Å²) < 4.78 is 51.3. The Bertz CT molecular complexity index is 1540. The van der Waals surface area contributed by atoms with Crippen molar-refractivity contribution in [2.45, 2.75) is 25.3 Å². The molecule has 4 heterocycles. The number of alkyl halides is 3. The number of fused-ring (bicyclic) bond motifs is 1. The van der Waals surface area contributed by atoms with Crippen LogP contribution >= 0.6 is 0 Å². The topological polar surface area (TPSA) is 111 Å². The van der Waals surface area contributed by atoms with Crippen molar-refractivity contribution in [2.75, 3.05) is 36.5 Å². The van der Waals surface area contributed by atoms with Crippen molar-refractivity contribution in [3.05, 3.63) is 77.5 Å². The van der Waals surface area contributed by atoms with Crippen molar-refractivity contribution in [3.63, 3.8) is 0 Å². The standard InChI is InChI=1S/C27H24F3N7O3/c28-27(29,30)16-37-15-20(24(35-37)36-10-12-39-13-11-36)25-33-34-26(40-25)32-23-21(38)14-18-8-4-5-9-19(18)22(31-23)17-6-2-1-3-7-17/h1-9,15,23H,10-14,16H2,(H,32,34)/t23-/m0/s1. The Morgan fingerprint density at radius 2 is 1.73 bits per heavy atom. The molecule has 0 bridgehead atoms. The summed E-state index contributed by atoms with van der Waals surface area (Å²) in [7, 11) is 0. The number of aromatic nitrogens is 4. The lowest BCUT2D eigenvalue weighted by Gasteiger charge is -2.27. The average Bonchev–Trinajstić information content (AvgIpc) is 3.55. The molecule has 1 N–H and O–H groups in total. The normalized spacial score (nSPS) is 17.8. The predicted octanol–water partition coefficient (Wildman–Crippen LogP) is 3.73. The molecule has 206 valence electrons. The van der Waals surface area contributed by atoms with Crippen LogP contribution in [0, 0.1) is 0 Å². The van der Waals surface area contributed by atoms with E-state index in [0.29, 0.717) is 32.0 Å². The van der Waals surface area contributed by atoms with Gasteiger partial charge in [-0.2, -0.15) is 18.3 Å². The quantitative estimate of drug-likeness (QED) is 0.386. The molecule has 2 aromatic carbocycles. The molecular weight excluding hydrogens is 527 g/mol. The highest BCUT2D eigenvalue weighted by molar-refractivity contribution is 6.16. The third kappa shape index (κ3) is 5.45. The Labute approximate surface area is 226 Å².